The number of alkyl halides is 3. The predicted octanol–water partition coefficient (Wildman–Crippen LogP) is 5.75. The second-order valence-electron chi connectivity index (χ2n) is 11.7. The molecule has 3 heterocycles. The van der Waals surface area contributed by atoms with Crippen molar-refractivity contribution < 1.29 is 18.0 Å². The Labute approximate surface area is 258 Å². The SMILES string of the molecule is Cc1ccc(C(=O)Nc2cc(N3CCN(C(C)C)CC3)cc(C(F)(F)F)c2)cc1N(c1cc(NC2CC2)ncn1)c1ncn[nH]1. The molecule has 0 unspecified atom stereocenters. The van der Waals surface area contributed by atoms with Gasteiger partial charge < -0.3 is 15.5 Å². The number of amides is 1. The summed E-state index contributed by atoms with van der Waals surface area (Å²) in [6, 6.07) is 11.3. The van der Waals surface area contributed by atoms with Gasteiger partial charge in [-0.15, -0.1) is 0 Å². The topological polar surface area (TPSA) is 118 Å². The van der Waals surface area contributed by atoms with Gasteiger partial charge in [0.15, 0.2) is 0 Å². The van der Waals surface area contributed by atoms with Crippen molar-refractivity contribution in [1.82, 2.24) is 30.0 Å². The van der Waals surface area contributed by atoms with Crippen LogP contribution < -0.4 is 20.4 Å². The van der Waals surface area contributed by atoms with Gasteiger partial charge in [-0.25, -0.2) is 15.1 Å². The van der Waals surface area contributed by atoms with E-state index in [9.17, 15) is 18.0 Å². The molecule has 0 spiro atoms. The highest BCUT2D eigenvalue weighted by atomic mass is 19.4. The van der Waals surface area contributed by atoms with E-state index in [1.807, 2.05) is 11.8 Å². The van der Waals surface area contributed by atoms with Crippen LogP contribution in [0.25, 0.3) is 0 Å². The van der Waals surface area contributed by atoms with Gasteiger partial charge in [-0.2, -0.15) is 23.3 Å². The third-order valence-electron chi connectivity index (χ3n) is 8.05. The molecule has 2 aromatic carbocycles. The number of rotatable bonds is 9. The normalized spacial score (nSPS) is 15.8. The third kappa shape index (κ3) is 7.00. The summed E-state index contributed by atoms with van der Waals surface area (Å²) in [6.07, 6.45) is 0.387. The van der Waals surface area contributed by atoms with E-state index in [4.69, 9.17) is 0 Å². The molecule has 6 rings (SSSR count). The van der Waals surface area contributed by atoms with Crippen molar-refractivity contribution in [2.45, 2.75) is 51.9 Å². The van der Waals surface area contributed by atoms with Crippen LogP contribution in [0.2, 0.25) is 0 Å². The Morgan fingerprint density at radius 3 is 2.44 bits per heavy atom. The Balaban J connectivity index is 1.29. The maximum absolute atomic E-state index is 14.0. The Morgan fingerprint density at radius 1 is 1.00 bits per heavy atom. The molecule has 1 saturated heterocycles. The van der Waals surface area contributed by atoms with Crippen LogP contribution in [0.5, 0.6) is 0 Å². The van der Waals surface area contributed by atoms with Gasteiger partial charge in [0.05, 0.1) is 11.3 Å². The van der Waals surface area contributed by atoms with Gasteiger partial charge in [0.2, 0.25) is 5.95 Å². The Bertz CT molecular complexity index is 1650. The molecular weight excluding hydrogens is 585 g/mol. The van der Waals surface area contributed by atoms with E-state index in [-0.39, 0.29) is 11.3 Å². The first-order valence-electron chi connectivity index (χ1n) is 14.9. The molecule has 2 fully saturated rings. The second kappa shape index (κ2) is 12.3. The number of anilines is 6. The summed E-state index contributed by atoms with van der Waals surface area (Å²) in [4.78, 5) is 32.6. The Hall–Kier alpha value is -4.72. The minimum Gasteiger partial charge on any atom is -0.369 e. The molecule has 1 saturated carbocycles. The standard InChI is InChI=1S/C31H35F3N10O/c1-19(2)42-8-10-43(11-9-42)25-14-22(31(32,33)34)13-24(15-25)40-29(45)21-5-4-20(3)26(12-21)44(30-37-18-38-41-30)28-16-27(35-17-36-28)39-23-6-7-23/h4-5,12-19,23H,6-11H2,1-3H3,(H,40,45)(H,35,36,39)(H,37,38,41). The van der Waals surface area contributed by atoms with Gasteiger partial charge in [0, 0.05) is 61.3 Å². The number of benzene rings is 2. The minimum absolute atomic E-state index is 0.0666. The summed E-state index contributed by atoms with van der Waals surface area (Å²) in [5, 5.41) is 12.9. The molecule has 11 nitrogen and oxygen atoms in total. The van der Waals surface area contributed by atoms with Crippen LogP contribution in [0.15, 0.2) is 55.1 Å². The number of aromatic amines is 1. The van der Waals surface area contributed by atoms with E-state index in [0.29, 0.717) is 54.1 Å². The number of aromatic nitrogens is 5. The number of nitrogens with zero attached hydrogens (tertiary/aromatic N) is 7. The van der Waals surface area contributed by atoms with Crippen molar-refractivity contribution in [2.24, 2.45) is 0 Å². The first kappa shape index (κ1) is 30.3. The summed E-state index contributed by atoms with van der Waals surface area (Å²) in [6.45, 7) is 8.75. The third-order valence-corrected chi connectivity index (χ3v) is 8.05. The number of hydrogen-bond donors (Lipinski definition) is 3. The Morgan fingerprint density at radius 2 is 1.78 bits per heavy atom. The van der Waals surface area contributed by atoms with Crippen LogP contribution in [0.4, 0.5) is 47.8 Å². The monoisotopic (exact) mass is 620 g/mol. The number of carbonyl (C=O) groups is 1. The molecule has 2 aromatic heterocycles. The first-order valence-corrected chi connectivity index (χ1v) is 14.9. The fourth-order valence-electron chi connectivity index (χ4n) is 5.36. The maximum atomic E-state index is 14.0. The number of hydrogen-bond acceptors (Lipinski definition) is 9. The quantitative estimate of drug-likeness (QED) is 0.215. The molecular formula is C31H35F3N10O. The van der Waals surface area contributed by atoms with Gasteiger partial charge in [-0.05, 0) is 69.5 Å². The van der Waals surface area contributed by atoms with Gasteiger partial charge in [0.1, 0.15) is 24.3 Å². The van der Waals surface area contributed by atoms with Crippen LogP contribution in [0, 0.1) is 6.92 Å². The highest BCUT2D eigenvalue weighted by Crippen LogP contribution is 2.37. The summed E-state index contributed by atoms with van der Waals surface area (Å²) in [7, 11) is 0. The van der Waals surface area contributed by atoms with Crippen LogP contribution in [-0.4, -0.2) is 74.2 Å². The van der Waals surface area contributed by atoms with E-state index in [1.54, 1.807) is 35.2 Å². The molecule has 45 heavy (non-hydrogen) atoms. The van der Waals surface area contributed by atoms with Gasteiger partial charge >= 0.3 is 6.18 Å². The average molecular weight is 621 g/mol. The van der Waals surface area contributed by atoms with E-state index >= 15 is 0 Å². The molecule has 236 valence electrons. The number of H-pyrrole nitrogens is 1. The van der Waals surface area contributed by atoms with Crippen molar-refractivity contribution in [3.63, 3.8) is 0 Å². The average Bonchev–Trinajstić information content (AvgIpc) is 3.67. The number of nitrogens with one attached hydrogen (secondary N) is 3. The number of aryl methyl sites for hydroxylation is 1. The highest BCUT2D eigenvalue weighted by Gasteiger charge is 2.32. The lowest BCUT2D eigenvalue weighted by Gasteiger charge is -2.38. The van der Waals surface area contributed by atoms with Crippen LogP contribution in [-0.2, 0) is 6.18 Å². The molecule has 0 atom stereocenters. The highest BCUT2D eigenvalue weighted by molar-refractivity contribution is 6.05. The minimum atomic E-state index is -4.57. The largest absolute Gasteiger partial charge is 0.416 e. The maximum Gasteiger partial charge on any atom is 0.416 e. The summed E-state index contributed by atoms with van der Waals surface area (Å²) < 4.78 is 41.9. The van der Waals surface area contributed by atoms with Crippen molar-refractivity contribution in [3.8, 4) is 0 Å². The van der Waals surface area contributed by atoms with E-state index in [2.05, 4.69) is 54.5 Å². The van der Waals surface area contributed by atoms with Crippen LogP contribution in [0.3, 0.4) is 0 Å². The molecule has 4 aromatic rings. The zero-order valence-electron chi connectivity index (χ0n) is 25.3. The molecule has 2 aliphatic rings. The molecule has 14 heteroatoms. The van der Waals surface area contributed by atoms with Gasteiger partial charge in [-0.3, -0.25) is 14.6 Å². The van der Waals surface area contributed by atoms with Crippen molar-refractivity contribution in [3.05, 3.63) is 71.8 Å². The first-order chi connectivity index (χ1) is 21.5. The van der Waals surface area contributed by atoms with Crippen molar-refractivity contribution in [1.29, 1.82) is 0 Å². The number of piperazine rings is 1. The molecule has 1 amide bonds. The molecule has 1 aliphatic heterocycles. The molecule has 0 radical (unpaired) electrons. The number of halogens is 3. The lowest BCUT2D eigenvalue weighted by Crippen LogP contribution is -2.49. The van der Waals surface area contributed by atoms with Crippen molar-refractivity contribution in [2.75, 3.05) is 46.6 Å². The van der Waals surface area contributed by atoms with E-state index in [1.165, 1.54) is 12.7 Å². The van der Waals surface area contributed by atoms with Gasteiger partial charge in [-0.1, -0.05) is 6.07 Å². The summed E-state index contributed by atoms with van der Waals surface area (Å²) in [5.41, 5.74) is 1.31. The van der Waals surface area contributed by atoms with Gasteiger partial charge in [0.25, 0.3) is 5.91 Å². The lowest BCUT2D eigenvalue weighted by molar-refractivity contribution is -0.137. The fraction of sp³-hybridized carbons (Fsp3) is 0.387. The predicted molar refractivity (Wildman–Crippen MR) is 166 cm³/mol. The number of carbonyl (C=O) groups excluding carboxylic acids is 1. The van der Waals surface area contributed by atoms with Crippen LogP contribution in [0.1, 0.15) is 48.2 Å². The lowest BCUT2D eigenvalue weighted by atomic mass is 10.1. The molecule has 3 N–H and O–H groups in total. The van der Waals surface area contributed by atoms with Crippen LogP contribution >= 0.6 is 0 Å². The summed E-state index contributed by atoms with van der Waals surface area (Å²) >= 11 is 0. The van der Waals surface area contributed by atoms with E-state index in [0.717, 1.165) is 43.6 Å². The smallest absolute Gasteiger partial charge is 0.369 e. The second-order valence-corrected chi connectivity index (χ2v) is 11.7. The zero-order chi connectivity index (χ0) is 31.7. The zero-order valence-corrected chi connectivity index (χ0v) is 25.3. The Kier molecular flexibility index (Phi) is 8.32. The van der Waals surface area contributed by atoms with E-state index < -0.39 is 17.6 Å². The fourth-order valence-corrected chi connectivity index (χ4v) is 5.36. The summed E-state index contributed by atoms with van der Waals surface area (Å²) in [5.74, 6) is 0.962. The molecule has 1 aliphatic carbocycles. The molecule has 0 bridgehead atoms. The van der Waals surface area contributed by atoms with Crippen molar-refractivity contribution >= 4 is 40.6 Å².